The summed E-state index contributed by atoms with van der Waals surface area (Å²) >= 11 is 1.18. The Hall–Kier alpha value is -2.12. The lowest BCUT2D eigenvalue weighted by Crippen LogP contribution is -2.16. The standard InChI is InChI=1S/C16H19N3O3S/c1-3-11-6-4-5-7-13(11)18-15(21)10-23-16-17-12(9-22-2)8-14(20)19-16/h4-8H,3,9-10H2,1-2H3,(H,18,21)(H,17,19,20). The summed E-state index contributed by atoms with van der Waals surface area (Å²) < 4.78 is 4.96. The van der Waals surface area contributed by atoms with E-state index in [1.807, 2.05) is 31.2 Å². The Balaban J connectivity index is 1.98. The van der Waals surface area contributed by atoms with Crippen molar-refractivity contribution in [2.24, 2.45) is 0 Å². The summed E-state index contributed by atoms with van der Waals surface area (Å²) in [4.78, 5) is 30.5. The van der Waals surface area contributed by atoms with Gasteiger partial charge in [-0.25, -0.2) is 4.98 Å². The number of nitrogens with zero attached hydrogens (tertiary/aromatic N) is 1. The monoisotopic (exact) mass is 333 g/mol. The van der Waals surface area contributed by atoms with Gasteiger partial charge in [0.2, 0.25) is 5.91 Å². The molecule has 0 unspecified atom stereocenters. The summed E-state index contributed by atoms with van der Waals surface area (Å²) in [6.07, 6.45) is 0.845. The minimum Gasteiger partial charge on any atom is -0.378 e. The molecular formula is C16H19N3O3S. The summed E-state index contributed by atoms with van der Waals surface area (Å²) in [6.45, 7) is 2.29. The van der Waals surface area contributed by atoms with E-state index < -0.39 is 0 Å². The Morgan fingerprint density at radius 2 is 2.17 bits per heavy atom. The van der Waals surface area contributed by atoms with Crippen molar-refractivity contribution in [1.82, 2.24) is 9.97 Å². The molecule has 1 heterocycles. The first kappa shape index (κ1) is 17.2. The predicted octanol–water partition coefficient (Wildman–Crippen LogP) is 2.21. The number of aromatic amines is 1. The number of rotatable bonds is 7. The van der Waals surface area contributed by atoms with Crippen LogP contribution in [0.25, 0.3) is 0 Å². The maximum absolute atomic E-state index is 12.1. The lowest BCUT2D eigenvalue weighted by molar-refractivity contribution is -0.113. The number of carbonyl (C=O) groups excluding carboxylic acids is 1. The summed E-state index contributed by atoms with van der Waals surface area (Å²) in [7, 11) is 1.54. The molecule has 0 aliphatic carbocycles. The number of anilines is 1. The van der Waals surface area contributed by atoms with Crippen molar-refractivity contribution in [3.05, 3.63) is 51.9 Å². The Morgan fingerprint density at radius 1 is 1.39 bits per heavy atom. The number of amides is 1. The number of methoxy groups -OCH3 is 1. The van der Waals surface area contributed by atoms with Crippen molar-refractivity contribution in [1.29, 1.82) is 0 Å². The van der Waals surface area contributed by atoms with Crippen molar-refractivity contribution >= 4 is 23.4 Å². The van der Waals surface area contributed by atoms with Gasteiger partial charge in [0.05, 0.1) is 18.1 Å². The normalized spacial score (nSPS) is 10.5. The number of para-hydroxylation sites is 1. The van der Waals surface area contributed by atoms with Gasteiger partial charge in [-0.15, -0.1) is 0 Å². The van der Waals surface area contributed by atoms with Crippen LogP contribution >= 0.6 is 11.8 Å². The highest BCUT2D eigenvalue weighted by molar-refractivity contribution is 7.99. The molecule has 2 aromatic rings. The number of nitrogens with one attached hydrogen (secondary N) is 2. The molecule has 1 aromatic heterocycles. The van der Waals surface area contributed by atoms with Crippen molar-refractivity contribution in [2.75, 3.05) is 18.2 Å². The largest absolute Gasteiger partial charge is 0.378 e. The van der Waals surface area contributed by atoms with E-state index in [9.17, 15) is 9.59 Å². The third-order valence-electron chi connectivity index (χ3n) is 3.08. The van der Waals surface area contributed by atoms with Crippen LogP contribution in [-0.2, 0) is 22.6 Å². The van der Waals surface area contributed by atoms with E-state index in [2.05, 4.69) is 15.3 Å². The fraction of sp³-hybridized carbons (Fsp3) is 0.312. The second kappa shape index (κ2) is 8.50. The van der Waals surface area contributed by atoms with Gasteiger partial charge < -0.3 is 15.0 Å². The minimum atomic E-state index is -0.258. The predicted molar refractivity (Wildman–Crippen MR) is 90.7 cm³/mol. The average Bonchev–Trinajstić information content (AvgIpc) is 2.53. The van der Waals surface area contributed by atoms with Gasteiger partial charge in [0.15, 0.2) is 5.16 Å². The van der Waals surface area contributed by atoms with E-state index in [-0.39, 0.29) is 23.8 Å². The second-order valence-corrected chi connectivity index (χ2v) is 5.79. The second-order valence-electron chi connectivity index (χ2n) is 4.82. The molecular weight excluding hydrogens is 314 g/mol. The van der Waals surface area contributed by atoms with Crippen molar-refractivity contribution < 1.29 is 9.53 Å². The van der Waals surface area contributed by atoms with Crippen LogP contribution in [0.4, 0.5) is 5.69 Å². The molecule has 0 saturated carbocycles. The van der Waals surface area contributed by atoms with E-state index in [0.717, 1.165) is 17.7 Å². The molecule has 0 aliphatic heterocycles. The molecule has 1 aromatic carbocycles. The van der Waals surface area contributed by atoms with Gasteiger partial charge in [0.1, 0.15) is 0 Å². The van der Waals surface area contributed by atoms with Crippen LogP contribution in [0.1, 0.15) is 18.2 Å². The smallest absolute Gasteiger partial charge is 0.251 e. The van der Waals surface area contributed by atoms with Crippen LogP contribution in [0.3, 0.4) is 0 Å². The molecule has 2 rings (SSSR count). The highest BCUT2D eigenvalue weighted by Crippen LogP contribution is 2.17. The zero-order valence-corrected chi connectivity index (χ0v) is 13.9. The molecule has 0 fully saturated rings. The number of hydrogen-bond acceptors (Lipinski definition) is 5. The summed E-state index contributed by atoms with van der Waals surface area (Å²) in [5, 5.41) is 3.29. The molecule has 0 bridgehead atoms. The topological polar surface area (TPSA) is 84.1 Å². The first-order valence-electron chi connectivity index (χ1n) is 7.22. The zero-order valence-electron chi connectivity index (χ0n) is 13.1. The molecule has 0 radical (unpaired) electrons. The molecule has 2 N–H and O–H groups in total. The third-order valence-corrected chi connectivity index (χ3v) is 3.95. The third kappa shape index (κ3) is 5.22. The number of ether oxygens (including phenoxy) is 1. The van der Waals surface area contributed by atoms with Crippen LogP contribution in [0, 0.1) is 0 Å². The van der Waals surface area contributed by atoms with E-state index >= 15 is 0 Å². The molecule has 23 heavy (non-hydrogen) atoms. The first-order valence-corrected chi connectivity index (χ1v) is 8.20. The number of benzene rings is 1. The highest BCUT2D eigenvalue weighted by atomic mass is 32.2. The summed E-state index contributed by atoms with van der Waals surface area (Å²) in [5.74, 6) is 0.0212. The lowest BCUT2D eigenvalue weighted by atomic mass is 10.1. The molecule has 7 heteroatoms. The lowest BCUT2D eigenvalue weighted by Gasteiger charge is -2.09. The molecule has 0 aliphatic rings. The van der Waals surface area contributed by atoms with Gasteiger partial charge in [-0.2, -0.15) is 0 Å². The molecule has 0 atom stereocenters. The average molecular weight is 333 g/mol. The molecule has 0 spiro atoms. The van der Waals surface area contributed by atoms with Gasteiger partial charge >= 0.3 is 0 Å². The molecule has 6 nitrogen and oxygen atoms in total. The number of aryl methyl sites for hydroxylation is 1. The molecule has 0 saturated heterocycles. The van der Waals surface area contributed by atoms with Crippen molar-refractivity contribution in [3.63, 3.8) is 0 Å². The zero-order chi connectivity index (χ0) is 16.7. The van der Waals surface area contributed by atoms with Gasteiger partial charge in [-0.05, 0) is 18.1 Å². The molecule has 122 valence electrons. The number of carbonyl (C=O) groups is 1. The fourth-order valence-corrected chi connectivity index (χ4v) is 2.74. The quantitative estimate of drug-likeness (QED) is 0.599. The van der Waals surface area contributed by atoms with Crippen LogP contribution in [0.5, 0.6) is 0 Å². The van der Waals surface area contributed by atoms with Crippen molar-refractivity contribution in [3.8, 4) is 0 Å². The highest BCUT2D eigenvalue weighted by Gasteiger charge is 2.08. The van der Waals surface area contributed by atoms with E-state index in [1.165, 1.54) is 24.9 Å². The molecule has 1 amide bonds. The Kier molecular flexibility index (Phi) is 6.37. The summed E-state index contributed by atoms with van der Waals surface area (Å²) in [6, 6.07) is 9.07. The van der Waals surface area contributed by atoms with Crippen LogP contribution in [0.2, 0.25) is 0 Å². The van der Waals surface area contributed by atoms with E-state index in [1.54, 1.807) is 0 Å². The van der Waals surface area contributed by atoms with Crippen LogP contribution in [0.15, 0.2) is 40.3 Å². The van der Waals surface area contributed by atoms with E-state index in [0.29, 0.717) is 10.9 Å². The number of hydrogen-bond donors (Lipinski definition) is 2. The Morgan fingerprint density at radius 3 is 2.91 bits per heavy atom. The SMILES string of the molecule is CCc1ccccc1NC(=O)CSc1nc(COC)cc(=O)[nH]1. The first-order chi connectivity index (χ1) is 11.1. The Bertz CT molecular complexity index is 731. The minimum absolute atomic E-state index is 0.143. The Labute approximate surface area is 138 Å². The number of H-pyrrole nitrogens is 1. The van der Waals surface area contributed by atoms with Gasteiger partial charge in [0.25, 0.3) is 5.56 Å². The fourth-order valence-electron chi connectivity index (χ4n) is 2.04. The number of thioether (sulfide) groups is 1. The van der Waals surface area contributed by atoms with Crippen LogP contribution < -0.4 is 10.9 Å². The van der Waals surface area contributed by atoms with Crippen LogP contribution in [-0.4, -0.2) is 28.7 Å². The maximum Gasteiger partial charge on any atom is 0.251 e. The summed E-state index contributed by atoms with van der Waals surface area (Å²) in [5.41, 5.74) is 2.18. The van der Waals surface area contributed by atoms with Crippen molar-refractivity contribution in [2.45, 2.75) is 25.1 Å². The van der Waals surface area contributed by atoms with Gasteiger partial charge in [0, 0.05) is 18.9 Å². The number of aromatic nitrogens is 2. The van der Waals surface area contributed by atoms with Gasteiger partial charge in [-0.1, -0.05) is 36.9 Å². The van der Waals surface area contributed by atoms with Gasteiger partial charge in [-0.3, -0.25) is 9.59 Å². The van der Waals surface area contributed by atoms with E-state index in [4.69, 9.17) is 4.74 Å². The maximum atomic E-state index is 12.1.